The van der Waals surface area contributed by atoms with Crippen molar-refractivity contribution in [1.29, 1.82) is 0 Å². The molecule has 0 unspecified atom stereocenters. The van der Waals surface area contributed by atoms with E-state index in [1.54, 1.807) is 30.3 Å². The number of aryl methyl sites for hydroxylation is 3. The van der Waals surface area contributed by atoms with Crippen LogP contribution in [-0.2, 0) is 0 Å². The second-order valence-electron chi connectivity index (χ2n) is 10.4. The molecule has 0 atom stereocenters. The lowest BCUT2D eigenvalue weighted by molar-refractivity contribution is 0.672. The first-order valence-electron chi connectivity index (χ1n) is 18.1. The summed E-state index contributed by atoms with van der Waals surface area (Å²) in [6, 6.07) is 33.0. The van der Waals surface area contributed by atoms with Crippen LogP contribution in [0, 0.1) is 20.6 Å². The Morgan fingerprint density at radius 1 is 0.571 bits per heavy atom. The summed E-state index contributed by atoms with van der Waals surface area (Å²) in [6.07, 6.45) is 1.28. The number of aromatic nitrogens is 2. The molecule has 3 nitrogen and oxygen atoms in total. The Kier molecular flexibility index (Phi) is 3.77. The molecule has 200 valence electrons. The third-order valence-corrected chi connectivity index (χ3v) is 7.88. The standard InChI is InChI=1S/C39H28N2O/c1-23-18-30-19-28(26-8-5-4-6-9-26)14-15-29(30)20-34(23)35-21-36(40-22-24(35)2)33-11-7-10-31-32-17-16-27-13-12-25(3)41-37(27)39(32)42-38(31)33/h4-22H,1-3H3/i1D3,2D3,3D3. The van der Waals surface area contributed by atoms with Gasteiger partial charge in [-0.3, -0.25) is 4.98 Å². The van der Waals surface area contributed by atoms with E-state index in [4.69, 9.17) is 16.8 Å². The number of para-hydroxylation sites is 1. The molecule has 3 heteroatoms. The van der Waals surface area contributed by atoms with E-state index >= 15 is 0 Å². The zero-order valence-electron chi connectivity index (χ0n) is 31.3. The molecule has 3 heterocycles. The van der Waals surface area contributed by atoms with Crippen LogP contribution in [0.2, 0.25) is 0 Å². The van der Waals surface area contributed by atoms with E-state index in [2.05, 4.69) is 9.97 Å². The van der Waals surface area contributed by atoms with Gasteiger partial charge >= 0.3 is 0 Å². The van der Waals surface area contributed by atoms with E-state index in [0.717, 1.165) is 27.3 Å². The first-order valence-corrected chi connectivity index (χ1v) is 13.6. The maximum Gasteiger partial charge on any atom is 0.161 e. The quantitative estimate of drug-likeness (QED) is 0.220. The van der Waals surface area contributed by atoms with Gasteiger partial charge in [0.1, 0.15) is 11.1 Å². The van der Waals surface area contributed by atoms with Gasteiger partial charge in [0.25, 0.3) is 0 Å². The molecule has 0 spiro atoms. The van der Waals surface area contributed by atoms with E-state index in [-0.39, 0.29) is 27.9 Å². The molecule has 0 N–H and O–H groups in total. The molecule has 3 aromatic heterocycles. The van der Waals surface area contributed by atoms with Crippen LogP contribution >= 0.6 is 0 Å². The molecule has 0 radical (unpaired) electrons. The van der Waals surface area contributed by atoms with E-state index in [1.807, 2.05) is 72.8 Å². The van der Waals surface area contributed by atoms with Crippen molar-refractivity contribution in [2.75, 3.05) is 0 Å². The number of furan rings is 1. The average Bonchev–Trinajstić information content (AvgIpc) is 3.49. The highest BCUT2D eigenvalue weighted by Crippen LogP contribution is 2.40. The summed E-state index contributed by atoms with van der Waals surface area (Å²) in [7, 11) is 0. The third-order valence-electron chi connectivity index (χ3n) is 7.88. The van der Waals surface area contributed by atoms with E-state index in [0.29, 0.717) is 38.7 Å². The SMILES string of the molecule is [2H]C([2H])([2H])c1ccc2ccc3c4cccc(-c5cc(-c6cc7ccc(-c8ccccc8)cc7cc6C([2H])([2H])[2H])c(C([2H])([2H])[2H])cn5)c4oc3c2n1. The van der Waals surface area contributed by atoms with Gasteiger partial charge in [-0.05, 0) is 101 Å². The van der Waals surface area contributed by atoms with Crippen LogP contribution in [0.1, 0.15) is 29.2 Å². The molecule has 5 aromatic carbocycles. The Hall–Kier alpha value is -5.28. The minimum absolute atomic E-state index is 0.0208. The Labute approximate surface area is 256 Å². The monoisotopic (exact) mass is 549 g/mol. The maximum absolute atomic E-state index is 8.51. The number of nitrogens with zero attached hydrogens (tertiary/aromatic N) is 2. The van der Waals surface area contributed by atoms with Crippen molar-refractivity contribution in [2.45, 2.75) is 20.6 Å². The fourth-order valence-corrected chi connectivity index (χ4v) is 5.80. The summed E-state index contributed by atoms with van der Waals surface area (Å²) in [5, 5.41) is 3.64. The number of fused-ring (bicyclic) bond motifs is 6. The van der Waals surface area contributed by atoms with Crippen molar-refractivity contribution in [2.24, 2.45) is 0 Å². The predicted molar refractivity (Wildman–Crippen MR) is 175 cm³/mol. The van der Waals surface area contributed by atoms with Crippen LogP contribution in [0.25, 0.3) is 77.1 Å². The number of hydrogen-bond donors (Lipinski definition) is 0. The Morgan fingerprint density at radius 2 is 1.40 bits per heavy atom. The van der Waals surface area contributed by atoms with Crippen LogP contribution in [0.4, 0.5) is 0 Å². The van der Waals surface area contributed by atoms with Gasteiger partial charge in [-0.15, -0.1) is 0 Å². The van der Waals surface area contributed by atoms with Crippen LogP contribution in [0.15, 0.2) is 120 Å². The van der Waals surface area contributed by atoms with Gasteiger partial charge in [-0.1, -0.05) is 72.8 Å². The normalized spacial score (nSPS) is 15.8. The molecule has 0 aliphatic heterocycles. The molecule has 0 saturated carbocycles. The van der Waals surface area contributed by atoms with Gasteiger partial charge in [0.15, 0.2) is 5.58 Å². The van der Waals surface area contributed by atoms with Crippen LogP contribution in [0.5, 0.6) is 0 Å². The summed E-state index contributed by atoms with van der Waals surface area (Å²) in [5.41, 5.74) is 4.49. The number of benzene rings is 5. The molecule has 0 bridgehead atoms. The summed E-state index contributed by atoms with van der Waals surface area (Å²) in [5.74, 6) is 0. The molecular formula is C39H28N2O. The summed E-state index contributed by atoms with van der Waals surface area (Å²) in [6.45, 7) is -7.57. The third kappa shape index (κ3) is 3.89. The number of rotatable bonds is 3. The molecule has 8 aromatic rings. The highest BCUT2D eigenvalue weighted by molar-refractivity contribution is 6.16. The van der Waals surface area contributed by atoms with Crippen molar-refractivity contribution in [1.82, 2.24) is 9.97 Å². The molecular weight excluding hydrogens is 512 g/mol. The van der Waals surface area contributed by atoms with Gasteiger partial charge in [0, 0.05) is 45.9 Å². The lowest BCUT2D eigenvalue weighted by Crippen LogP contribution is -1.93. The molecule has 0 fully saturated rings. The summed E-state index contributed by atoms with van der Waals surface area (Å²) < 4.78 is 80.7. The second kappa shape index (κ2) is 9.39. The second-order valence-corrected chi connectivity index (χ2v) is 10.4. The number of hydrogen-bond acceptors (Lipinski definition) is 3. The summed E-state index contributed by atoms with van der Waals surface area (Å²) >= 11 is 0. The molecule has 42 heavy (non-hydrogen) atoms. The van der Waals surface area contributed by atoms with Gasteiger partial charge in [0.2, 0.25) is 0 Å². The smallest absolute Gasteiger partial charge is 0.161 e. The van der Waals surface area contributed by atoms with Crippen molar-refractivity contribution in [3.8, 4) is 33.5 Å². The van der Waals surface area contributed by atoms with Crippen molar-refractivity contribution < 1.29 is 16.8 Å². The van der Waals surface area contributed by atoms with Crippen LogP contribution in [-0.4, -0.2) is 9.97 Å². The number of pyridine rings is 2. The minimum Gasteiger partial charge on any atom is -0.453 e. The maximum atomic E-state index is 8.51. The van der Waals surface area contributed by atoms with E-state index in [1.165, 1.54) is 12.3 Å². The van der Waals surface area contributed by atoms with Crippen molar-refractivity contribution in [3.63, 3.8) is 0 Å². The zero-order chi connectivity index (χ0) is 35.9. The highest BCUT2D eigenvalue weighted by Gasteiger charge is 2.17. The largest absolute Gasteiger partial charge is 0.453 e. The first-order chi connectivity index (χ1) is 24.2. The highest BCUT2D eigenvalue weighted by atomic mass is 16.3. The molecule has 0 saturated heterocycles. The topological polar surface area (TPSA) is 38.9 Å². The van der Waals surface area contributed by atoms with Gasteiger partial charge in [-0.25, -0.2) is 4.98 Å². The van der Waals surface area contributed by atoms with E-state index < -0.39 is 20.6 Å². The van der Waals surface area contributed by atoms with Crippen molar-refractivity contribution in [3.05, 3.63) is 132 Å². The molecule has 8 rings (SSSR count). The van der Waals surface area contributed by atoms with Gasteiger partial charge < -0.3 is 4.42 Å². The molecule has 0 aliphatic rings. The zero-order valence-corrected chi connectivity index (χ0v) is 22.3. The predicted octanol–water partition coefficient (Wildman–Crippen LogP) is 10.6. The minimum atomic E-state index is -2.60. The van der Waals surface area contributed by atoms with Crippen LogP contribution < -0.4 is 0 Å². The Bertz CT molecular complexity index is 2660. The first kappa shape index (κ1) is 16.9. The lowest BCUT2D eigenvalue weighted by atomic mass is 9.92. The lowest BCUT2D eigenvalue weighted by Gasteiger charge is -2.14. The van der Waals surface area contributed by atoms with Crippen molar-refractivity contribution >= 4 is 43.6 Å². The fourth-order valence-electron chi connectivity index (χ4n) is 5.80. The van der Waals surface area contributed by atoms with Gasteiger partial charge in [-0.2, -0.15) is 0 Å². The molecule has 0 aliphatic carbocycles. The Balaban J connectivity index is 1.36. The summed E-state index contributed by atoms with van der Waals surface area (Å²) in [4.78, 5) is 9.04. The average molecular weight is 550 g/mol. The van der Waals surface area contributed by atoms with Crippen LogP contribution in [0.3, 0.4) is 0 Å². The molecule has 0 amide bonds. The van der Waals surface area contributed by atoms with Gasteiger partial charge in [0.05, 0.1) is 5.69 Å². The Morgan fingerprint density at radius 3 is 2.29 bits per heavy atom. The fraction of sp³-hybridized carbons (Fsp3) is 0.0769. The van der Waals surface area contributed by atoms with E-state index in [9.17, 15) is 0 Å².